The van der Waals surface area contributed by atoms with Crippen molar-refractivity contribution in [2.75, 3.05) is 0 Å². The lowest BCUT2D eigenvalue weighted by Gasteiger charge is -2.22. The number of nitrogens with two attached hydrogens (primary N) is 1. The molecule has 1 aliphatic rings. The average Bonchev–Trinajstić information content (AvgIpc) is 2.07. The highest BCUT2D eigenvalue weighted by Crippen LogP contribution is 2.32. The van der Waals surface area contributed by atoms with E-state index in [0.717, 1.165) is 30.4 Å². The van der Waals surface area contributed by atoms with E-state index < -0.39 is 0 Å². The van der Waals surface area contributed by atoms with Crippen LogP contribution in [0.5, 0.6) is 5.75 Å². The van der Waals surface area contributed by atoms with E-state index in [2.05, 4.69) is 0 Å². The molecule has 1 aromatic carbocycles. The van der Waals surface area contributed by atoms with E-state index in [1.165, 1.54) is 0 Å². The number of rotatable bonds is 0. The van der Waals surface area contributed by atoms with Gasteiger partial charge in [-0.15, -0.1) is 0 Å². The number of phenols is 1. The molecule has 0 aliphatic heterocycles. The minimum atomic E-state index is 0.126. The van der Waals surface area contributed by atoms with Crippen LogP contribution in [-0.2, 0) is 6.42 Å². The number of hydrogen-bond donors (Lipinski definition) is 2. The van der Waals surface area contributed by atoms with Gasteiger partial charge in [0.25, 0.3) is 0 Å². The Morgan fingerprint density at radius 3 is 3.00 bits per heavy atom. The van der Waals surface area contributed by atoms with Gasteiger partial charge in [-0.05, 0) is 36.5 Å². The van der Waals surface area contributed by atoms with Gasteiger partial charge in [0, 0.05) is 6.04 Å². The first-order valence-electron chi connectivity index (χ1n) is 4.35. The molecule has 0 amide bonds. The fourth-order valence-corrected chi connectivity index (χ4v) is 1.87. The molecular weight excluding hydrogens is 150 g/mol. The summed E-state index contributed by atoms with van der Waals surface area (Å²) < 4.78 is 0. The van der Waals surface area contributed by atoms with E-state index in [4.69, 9.17) is 5.73 Å². The summed E-state index contributed by atoms with van der Waals surface area (Å²) in [5.74, 6) is 0.405. The van der Waals surface area contributed by atoms with E-state index in [-0.39, 0.29) is 6.04 Å². The first kappa shape index (κ1) is 7.62. The summed E-state index contributed by atoms with van der Waals surface area (Å²) in [4.78, 5) is 0. The van der Waals surface area contributed by atoms with E-state index in [0.29, 0.717) is 5.75 Å². The lowest BCUT2D eigenvalue weighted by molar-refractivity contribution is 0.455. The summed E-state index contributed by atoms with van der Waals surface area (Å²) in [5, 5.41) is 9.52. The van der Waals surface area contributed by atoms with Crippen molar-refractivity contribution < 1.29 is 5.11 Å². The van der Waals surface area contributed by atoms with Gasteiger partial charge in [0.05, 0.1) is 0 Å². The Kier molecular flexibility index (Phi) is 1.77. The number of fused-ring (bicyclic) bond motifs is 1. The molecule has 0 heterocycles. The third-order valence-corrected chi connectivity index (χ3v) is 2.53. The molecule has 0 saturated heterocycles. The quantitative estimate of drug-likeness (QED) is 0.611. The van der Waals surface area contributed by atoms with E-state index >= 15 is 0 Å². The predicted molar refractivity (Wildman–Crippen MR) is 48.0 cm³/mol. The van der Waals surface area contributed by atoms with E-state index in [1.54, 1.807) is 6.07 Å². The fourth-order valence-electron chi connectivity index (χ4n) is 1.87. The first-order chi connectivity index (χ1) is 5.79. The zero-order chi connectivity index (χ0) is 8.55. The van der Waals surface area contributed by atoms with Crippen LogP contribution < -0.4 is 5.73 Å². The maximum Gasteiger partial charge on any atom is 0.119 e. The second-order valence-corrected chi connectivity index (χ2v) is 3.34. The van der Waals surface area contributed by atoms with Gasteiger partial charge in [-0.1, -0.05) is 12.1 Å². The lowest BCUT2D eigenvalue weighted by Crippen LogP contribution is -2.17. The number of benzene rings is 1. The molecule has 12 heavy (non-hydrogen) atoms. The molecule has 0 spiro atoms. The van der Waals surface area contributed by atoms with Crippen LogP contribution in [0.2, 0.25) is 0 Å². The molecular formula is C10H13NO. The van der Waals surface area contributed by atoms with Crippen molar-refractivity contribution in [1.82, 2.24) is 0 Å². The molecule has 3 N–H and O–H groups in total. The van der Waals surface area contributed by atoms with Crippen LogP contribution >= 0.6 is 0 Å². The Balaban J connectivity index is 2.52. The van der Waals surface area contributed by atoms with E-state index in [9.17, 15) is 5.11 Å². The Morgan fingerprint density at radius 2 is 2.25 bits per heavy atom. The van der Waals surface area contributed by atoms with Crippen LogP contribution in [0.4, 0.5) is 0 Å². The number of phenolic OH excluding ortho intramolecular Hbond substituents is 1. The van der Waals surface area contributed by atoms with Gasteiger partial charge in [-0.2, -0.15) is 0 Å². The van der Waals surface area contributed by atoms with Crippen molar-refractivity contribution in [3.63, 3.8) is 0 Å². The van der Waals surface area contributed by atoms with Crippen molar-refractivity contribution >= 4 is 0 Å². The highest BCUT2D eigenvalue weighted by Gasteiger charge is 2.18. The molecule has 0 aromatic heterocycles. The second-order valence-electron chi connectivity index (χ2n) is 3.34. The van der Waals surface area contributed by atoms with Crippen LogP contribution in [0.25, 0.3) is 0 Å². The van der Waals surface area contributed by atoms with Crippen LogP contribution in [0, 0.1) is 0 Å². The highest BCUT2D eigenvalue weighted by atomic mass is 16.3. The normalized spacial score (nSPS) is 21.9. The van der Waals surface area contributed by atoms with Gasteiger partial charge < -0.3 is 10.8 Å². The molecule has 1 aromatic rings. The monoisotopic (exact) mass is 163 g/mol. The van der Waals surface area contributed by atoms with Gasteiger partial charge >= 0.3 is 0 Å². The topological polar surface area (TPSA) is 46.2 Å². The third kappa shape index (κ3) is 1.08. The van der Waals surface area contributed by atoms with Crippen LogP contribution in [0.15, 0.2) is 18.2 Å². The molecule has 1 aliphatic carbocycles. The Labute approximate surface area is 72.0 Å². The molecule has 0 bridgehead atoms. The molecule has 0 radical (unpaired) electrons. The van der Waals surface area contributed by atoms with Crippen LogP contribution in [-0.4, -0.2) is 5.11 Å². The van der Waals surface area contributed by atoms with Crippen molar-refractivity contribution in [2.45, 2.75) is 25.3 Å². The number of aromatic hydroxyl groups is 1. The van der Waals surface area contributed by atoms with Gasteiger partial charge in [0.1, 0.15) is 5.75 Å². The largest absolute Gasteiger partial charge is 0.508 e. The SMILES string of the molecule is NC1CCCc2c(O)cccc21. The zero-order valence-corrected chi connectivity index (χ0v) is 6.96. The van der Waals surface area contributed by atoms with Crippen molar-refractivity contribution in [2.24, 2.45) is 5.73 Å². The highest BCUT2D eigenvalue weighted by molar-refractivity contribution is 5.42. The standard InChI is InChI=1S/C10H13NO/c11-9-5-1-4-8-7(9)3-2-6-10(8)12/h2-3,6,9,12H,1,4-5,11H2. The van der Waals surface area contributed by atoms with Gasteiger partial charge in [-0.3, -0.25) is 0 Å². The zero-order valence-electron chi connectivity index (χ0n) is 6.96. The molecule has 64 valence electrons. The molecule has 1 atom stereocenters. The average molecular weight is 163 g/mol. The molecule has 0 saturated carbocycles. The summed E-state index contributed by atoms with van der Waals surface area (Å²) in [6.07, 6.45) is 3.10. The summed E-state index contributed by atoms with van der Waals surface area (Å²) in [6, 6.07) is 5.73. The molecule has 2 heteroatoms. The second kappa shape index (κ2) is 2.79. The summed E-state index contributed by atoms with van der Waals surface area (Å²) in [7, 11) is 0. The summed E-state index contributed by atoms with van der Waals surface area (Å²) >= 11 is 0. The Hall–Kier alpha value is -1.02. The third-order valence-electron chi connectivity index (χ3n) is 2.53. The predicted octanol–water partition coefficient (Wildman–Crippen LogP) is 1.73. The lowest BCUT2D eigenvalue weighted by atomic mass is 9.88. The van der Waals surface area contributed by atoms with E-state index in [1.807, 2.05) is 12.1 Å². The minimum absolute atomic E-state index is 0.126. The molecule has 1 unspecified atom stereocenters. The molecule has 2 rings (SSSR count). The van der Waals surface area contributed by atoms with Gasteiger partial charge in [0.15, 0.2) is 0 Å². The fraction of sp³-hybridized carbons (Fsp3) is 0.400. The van der Waals surface area contributed by atoms with Crippen LogP contribution in [0.3, 0.4) is 0 Å². The Morgan fingerprint density at radius 1 is 1.42 bits per heavy atom. The van der Waals surface area contributed by atoms with Gasteiger partial charge in [0.2, 0.25) is 0 Å². The van der Waals surface area contributed by atoms with Crippen molar-refractivity contribution in [1.29, 1.82) is 0 Å². The molecule has 2 nitrogen and oxygen atoms in total. The van der Waals surface area contributed by atoms with Gasteiger partial charge in [-0.25, -0.2) is 0 Å². The van der Waals surface area contributed by atoms with Crippen molar-refractivity contribution in [3.05, 3.63) is 29.3 Å². The Bertz CT molecular complexity index is 296. The maximum absolute atomic E-state index is 9.52. The first-order valence-corrected chi connectivity index (χ1v) is 4.35. The minimum Gasteiger partial charge on any atom is -0.508 e. The molecule has 0 fully saturated rings. The van der Waals surface area contributed by atoms with Crippen molar-refractivity contribution in [3.8, 4) is 5.75 Å². The van der Waals surface area contributed by atoms with Crippen LogP contribution in [0.1, 0.15) is 30.0 Å². The smallest absolute Gasteiger partial charge is 0.119 e. The summed E-state index contributed by atoms with van der Waals surface area (Å²) in [6.45, 7) is 0. The number of hydrogen-bond acceptors (Lipinski definition) is 2. The summed E-state index contributed by atoms with van der Waals surface area (Å²) in [5.41, 5.74) is 8.08. The maximum atomic E-state index is 9.52.